The molecule has 0 aliphatic heterocycles. The van der Waals surface area contributed by atoms with E-state index in [1.54, 1.807) is 30.5 Å². The predicted molar refractivity (Wildman–Crippen MR) is 108 cm³/mol. The molecule has 0 radical (unpaired) electrons. The molecule has 2 aromatic carbocycles. The molecule has 0 bridgehead atoms. The van der Waals surface area contributed by atoms with Crippen LogP contribution in [0.15, 0.2) is 82.3 Å². The van der Waals surface area contributed by atoms with Crippen LogP contribution in [0.25, 0.3) is 0 Å². The molecular formula is C22H25NO4S. The molecule has 28 heavy (non-hydrogen) atoms. The van der Waals surface area contributed by atoms with E-state index in [1.165, 1.54) is 0 Å². The normalized spacial score (nSPS) is 12.8. The maximum Gasteiger partial charge on any atom is 0.240 e. The number of sulfonamides is 1. The number of benzene rings is 2. The molecule has 0 saturated heterocycles. The third-order valence-corrected chi connectivity index (χ3v) is 5.89. The zero-order chi connectivity index (χ0) is 19.8. The molecule has 1 heterocycles. The lowest BCUT2D eigenvalue weighted by molar-refractivity contribution is 0.0379. The summed E-state index contributed by atoms with van der Waals surface area (Å²) in [6.07, 6.45) is 2.69. The van der Waals surface area contributed by atoms with Gasteiger partial charge in [-0.25, -0.2) is 13.1 Å². The Bertz CT molecular complexity index is 936. The number of hydrogen-bond acceptors (Lipinski definition) is 4. The van der Waals surface area contributed by atoms with Gasteiger partial charge in [0.2, 0.25) is 10.0 Å². The molecule has 3 aromatic rings. The Labute approximate surface area is 166 Å². The topological polar surface area (TPSA) is 68.5 Å². The number of furan rings is 1. The highest BCUT2D eigenvalue weighted by Crippen LogP contribution is 2.13. The van der Waals surface area contributed by atoms with E-state index in [2.05, 4.69) is 4.72 Å². The second kappa shape index (κ2) is 9.68. The predicted octanol–water partition coefficient (Wildman–Crippen LogP) is 4.08. The minimum absolute atomic E-state index is 0.198. The highest BCUT2D eigenvalue weighted by molar-refractivity contribution is 7.89. The molecule has 0 saturated carbocycles. The fourth-order valence-corrected chi connectivity index (χ4v) is 3.86. The van der Waals surface area contributed by atoms with E-state index >= 15 is 0 Å². The van der Waals surface area contributed by atoms with Crippen LogP contribution in [0.4, 0.5) is 0 Å². The van der Waals surface area contributed by atoms with Gasteiger partial charge in [0.05, 0.1) is 23.9 Å². The van der Waals surface area contributed by atoms with Crippen LogP contribution in [-0.4, -0.2) is 21.1 Å². The Morgan fingerprint density at radius 3 is 2.43 bits per heavy atom. The summed E-state index contributed by atoms with van der Waals surface area (Å²) in [5, 5.41) is 0. The Morgan fingerprint density at radius 1 is 1.00 bits per heavy atom. The van der Waals surface area contributed by atoms with Gasteiger partial charge >= 0.3 is 0 Å². The summed E-state index contributed by atoms with van der Waals surface area (Å²) < 4.78 is 39.2. The van der Waals surface area contributed by atoms with Gasteiger partial charge in [-0.3, -0.25) is 0 Å². The minimum Gasteiger partial charge on any atom is -0.469 e. The molecular weight excluding hydrogens is 374 g/mol. The molecule has 1 aromatic heterocycles. The highest BCUT2D eigenvalue weighted by Gasteiger charge is 2.18. The van der Waals surface area contributed by atoms with Crippen LogP contribution >= 0.6 is 0 Å². The molecule has 0 fully saturated rings. The van der Waals surface area contributed by atoms with Crippen molar-refractivity contribution in [3.8, 4) is 0 Å². The summed E-state index contributed by atoms with van der Waals surface area (Å²) in [5.74, 6) is 0.856. The summed E-state index contributed by atoms with van der Waals surface area (Å²) in [6, 6.07) is 20.4. The second-order valence-corrected chi connectivity index (χ2v) is 8.47. The Morgan fingerprint density at radius 2 is 1.75 bits per heavy atom. The first-order valence-electron chi connectivity index (χ1n) is 9.27. The molecule has 3 rings (SSSR count). The Hall–Kier alpha value is -2.41. The fraction of sp³-hybridized carbons (Fsp3) is 0.273. The van der Waals surface area contributed by atoms with Crippen LogP contribution in [0.1, 0.15) is 23.3 Å². The SMILES string of the molecule is Cc1ccc(S(=O)(=O)NCC(CCc2ccco2)OCc2ccccc2)cc1. The fourth-order valence-electron chi connectivity index (χ4n) is 2.79. The van der Waals surface area contributed by atoms with Crippen molar-refractivity contribution < 1.29 is 17.6 Å². The first-order valence-corrected chi connectivity index (χ1v) is 10.8. The van der Waals surface area contributed by atoms with E-state index in [4.69, 9.17) is 9.15 Å². The third kappa shape index (κ3) is 6.05. The third-order valence-electron chi connectivity index (χ3n) is 4.45. The van der Waals surface area contributed by atoms with Crippen molar-refractivity contribution in [3.05, 3.63) is 89.9 Å². The van der Waals surface area contributed by atoms with Crippen LogP contribution in [0.2, 0.25) is 0 Å². The van der Waals surface area contributed by atoms with Crippen molar-refractivity contribution >= 4 is 10.0 Å². The van der Waals surface area contributed by atoms with Gasteiger partial charge in [-0.1, -0.05) is 48.0 Å². The highest BCUT2D eigenvalue weighted by atomic mass is 32.2. The number of aryl methyl sites for hydroxylation is 2. The van der Waals surface area contributed by atoms with Crippen molar-refractivity contribution in [1.82, 2.24) is 4.72 Å². The minimum atomic E-state index is -3.58. The molecule has 0 spiro atoms. The van der Waals surface area contributed by atoms with E-state index in [0.29, 0.717) is 19.4 Å². The van der Waals surface area contributed by atoms with E-state index in [9.17, 15) is 8.42 Å². The Kier molecular flexibility index (Phi) is 7.03. The van der Waals surface area contributed by atoms with Gasteiger partial charge in [-0.2, -0.15) is 0 Å². The second-order valence-electron chi connectivity index (χ2n) is 6.70. The van der Waals surface area contributed by atoms with Crippen molar-refractivity contribution in [2.75, 3.05) is 6.54 Å². The van der Waals surface area contributed by atoms with Gasteiger partial charge < -0.3 is 9.15 Å². The summed E-state index contributed by atoms with van der Waals surface area (Å²) >= 11 is 0. The van der Waals surface area contributed by atoms with Crippen LogP contribution < -0.4 is 4.72 Å². The van der Waals surface area contributed by atoms with Crippen LogP contribution in [0.5, 0.6) is 0 Å². The van der Waals surface area contributed by atoms with Crippen molar-refractivity contribution in [2.24, 2.45) is 0 Å². The van der Waals surface area contributed by atoms with Gasteiger partial charge in [-0.05, 0) is 43.2 Å². The van der Waals surface area contributed by atoms with Gasteiger partial charge in [0.1, 0.15) is 5.76 Å². The van der Waals surface area contributed by atoms with Gasteiger partial charge in [-0.15, -0.1) is 0 Å². The largest absolute Gasteiger partial charge is 0.469 e. The van der Waals surface area contributed by atoms with E-state index in [-0.39, 0.29) is 17.5 Å². The van der Waals surface area contributed by atoms with E-state index < -0.39 is 10.0 Å². The Balaban J connectivity index is 1.62. The molecule has 148 valence electrons. The summed E-state index contributed by atoms with van der Waals surface area (Å²) in [5.41, 5.74) is 2.06. The first kappa shape index (κ1) is 20.3. The zero-order valence-corrected chi connectivity index (χ0v) is 16.7. The van der Waals surface area contributed by atoms with Crippen molar-refractivity contribution in [1.29, 1.82) is 0 Å². The summed E-state index contributed by atoms with van der Waals surface area (Å²) in [7, 11) is -3.58. The van der Waals surface area contributed by atoms with Crippen LogP contribution in [0.3, 0.4) is 0 Å². The van der Waals surface area contributed by atoms with Crippen LogP contribution in [0, 0.1) is 6.92 Å². The molecule has 1 N–H and O–H groups in total. The number of nitrogens with one attached hydrogen (secondary N) is 1. The molecule has 6 heteroatoms. The lowest BCUT2D eigenvalue weighted by Crippen LogP contribution is -2.34. The van der Waals surface area contributed by atoms with Gasteiger partial charge in [0.25, 0.3) is 0 Å². The van der Waals surface area contributed by atoms with Crippen molar-refractivity contribution in [2.45, 2.75) is 37.4 Å². The molecule has 1 unspecified atom stereocenters. The standard InChI is InChI=1S/C22H25NO4S/c1-18-9-13-22(14-10-18)28(24,25)23-16-21(12-11-20-8-5-15-26-20)27-17-19-6-3-2-4-7-19/h2-10,13-15,21,23H,11-12,16-17H2,1H3. The van der Waals surface area contributed by atoms with Crippen LogP contribution in [-0.2, 0) is 27.8 Å². The molecule has 5 nitrogen and oxygen atoms in total. The number of hydrogen-bond donors (Lipinski definition) is 1. The maximum absolute atomic E-state index is 12.6. The lowest BCUT2D eigenvalue weighted by atomic mass is 10.1. The van der Waals surface area contributed by atoms with E-state index in [0.717, 1.165) is 16.9 Å². The smallest absolute Gasteiger partial charge is 0.240 e. The molecule has 0 aliphatic rings. The average molecular weight is 400 g/mol. The number of rotatable bonds is 10. The summed E-state index contributed by atoms with van der Waals surface area (Å²) in [6.45, 7) is 2.55. The molecule has 1 atom stereocenters. The average Bonchev–Trinajstić information content (AvgIpc) is 3.22. The monoisotopic (exact) mass is 399 g/mol. The first-order chi connectivity index (χ1) is 13.5. The van der Waals surface area contributed by atoms with Gasteiger partial charge in [0, 0.05) is 13.0 Å². The van der Waals surface area contributed by atoms with Crippen molar-refractivity contribution in [3.63, 3.8) is 0 Å². The molecule has 0 aliphatic carbocycles. The quantitative estimate of drug-likeness (QED) is 0.558. The lowest BCUT2D eigenvalue weighted by Gasteiger charge is -2.18. The zero-order valence-electron chi connectivity index (χ0n) is 15.9. The maximum atomic E-state index is 12.6. The number of ether oxygens (including phenoxy) is 1. The van der Waals surface area contributed by atoms with Gasteiger partial charge in [0.15, 0.2) is 0 Å². The summed E-state index contributed by atoms with van der Waals surface area (Å²) in [4.78, 5) is 0.256. The molecule has 0 amide bonds. The van der Waals surface area contributed by atoms with E-state index in [1.807, 2.05) is 49.4 Å².